The van der Waals surface area contributed by atoms with Gasteiger partial charge in [-0.25, -0.2) is 4.68 Å². The van der Waals surface area contributed by atoms with Crippen molar-refractivity contribution in [1.29, 1.82) is 0 Å². The maximum absolute atomic E-state index is 13.6. The van der Waals surface area contributed by atoms with E-state index in [2.05, 4.69) is 24.3 Å². The summed E-state index contributed by atoms with van der Waals surface area (Å²) in [5.41, 5.74) is 3.47. The number of para-hydroxylation sites is 1. The standard InChI is InChI=1S/C25H25N3O3/c1-25(2)13-18-21(19(29)14-25)20(15-8-7-11-17(12-15)31-3)22-23(26-18)27-28(24(22)30)16-9-5-4-6-10-16/h4-12,20,26-27H,13-14H2,1-3H3/t20-/m1/s1. The van der Waals surface area contributed by atoms with Crippen LogP contribution in [0.2, 0.25) is 0 Å². The number of rotatable bonds is 3. The SMILES string of the molecule is COc1cccc([C@@H]2C3=C(CC(C)(C)CC3=O)Nc3[nH]n(-c4ccccc4)c(=O)c32)c1. The van der Waals surface area contributed by atoms with Gasteiger partial charge in [0.25, 0.3) is 5.56 Å². The number of carbonyl (C=O) groups excluding carboxylic acids is 1. The summed E-state index contributed by atoms with van der Waals surface area (Å²) in [6.45, 7) is 4.20. The van der Waals surface area contributed by atoms with Crippen molar-refractivity contribution in [2.45, 2.75) is 32.6 Å². The number of nitrogens with one attached hydrogen (secondary N) is 2. The molecule has 2 aliphatic rings. The average Bonchev–Trinajstić information content (AvgIpc) is 3.08. The topological polar surface area (TPSA) is 76.1 Å². The molecular weight excluding hydrogens is 390 g/mol. The molecular formula is C25H25N3O3. The fourth-order valence-electron chi connectivity index (χ4n) is 4.80. The fraction of sp³-hybridized carbons (Fsp3) is 0.280. The number of allylic oxidation sites excluding steroid dienone is 2. The van der Waals surface area contributed by atoms with Gasteiger partial charge in [-0.3, -0.25) is 14.7 Å². The third-order valence-electron chi connectivity index (χ3n) is 6.14. The highest BCUT2D eigenvalue weighted by atomic mass is 16.5. The molecule has 0 unspecified atom stereocenters. The number of hydrogen-bond acceptors (Lipinski definition) is 4. The average molecular weight is 415 g/mol. The molecule has 158 valence electrons. The second-order valence-corrected chi connectivity index (χ2v) is 9.04. The highest BCUT2D eigenvalue weighted by molar-refractivity contribution is 6.01. The van der Waals surface area contributed by atoms with E-state index in [1.54, 1.807) is 11.8 Å². The Morgan fingerprint density at radius 2 is 1.81 bits per heavy atom. The number of fused-ring (bicyclic) bond motifs is 1. The normalized spacial score (nSPS) is 19.5. The largest absolute Gasteiger partial charge is 0.497 e. The monoisotopic (exact) mass is 415 g/mol. The predicted octanol–water partition coefficient (Wildman–Crippen LogP) is 4.37. The molecule has 0 spiro atoms. The first-order valence-corrected chi connectivity index (χ1v) is 10.5. The number of H-pyrrole nitrogens is 1. The molecule has 0 bridgehead atoms. The minimum Gasteiger partial charge on any atom is -0.497 e. The molecule has 1 aromatic heterocycles. The van der Waals surface area contributed by atoms with E-state index in [0.29, 0.717) is 29.1 Å². The van der Waals surface area contributed by atoms with E-state index in [-0.39, 0.29) is 16.8 Å². The van der Waals surface area contributed by atoms with Crippen LogP contribution in [0.3, 0.4) is 0 Å². The Morgan fingerprint density at radius 3 is 2.55 bits per heavy atom. The number of nitrogens with zero attached hydrogens (tertiary/aromatic N) is 1. The number of Topliss-reactive ketones (excluding diaryl/α,β-unsaturated/α-hetero) is 1. The highest BCUT2D eigenvalue weighted by Crippen LogP contribution is 2.48. The molecule has 31 heavy (non-hydrogen) atoms. The van der Waals surface area contributed by atoms with Gasteiger partial charge >= 0.3 is 0 Å². The number of ether oxygens (including phenoxy) is 1. The van der Waals surface area contributed by atoms with Gasteiger partial charge in [0.1, 0.15) is 11.6 Å². The predicted molar refractivity (Wildman–Crippen MR) is 120 cm³/mol. The molecule has 0 saturated carbocycles. The lowest BCUT2D eigenvalue weighted by Crippen LogP contribution is -2.35. The Labute approximate surface area is 180 Å². The van der Waals surface area contributed by atoms with E-state index >= 15 is 0 Å². The Kier molecular flexibility index (Phi) is 4.39. The van der Waals surface area contributed by atoms with Crippen molar-refractivity contribution < 1.29 is 9.53 Å². The van der Waals surface area contributed by atoms with Gasteiger partial charge in [-0.05, 0) is 41.7 Å². The van der Waals surface area contributed by atoms with Crippen molar-refractivity contribution in [2.75, 3.05) is 12.4 Å². The minimum atomic E-state index is -0.446. The number of ketones is 1. The number of carbonyl (C=O) groups is 1. The molecule has 0 radical (unpaired) electrons. The number of hydrogen-bond donors (Lipinski definition) is 2. The Bertz CT molecular complexity index is 1260. The summed E-state index contributed by atoms with van der Waals surface area (Å²) in [6, 6.07) is 17.1. The lowest BCUT2D eigenvalue weighted by molar-refractivity contribution is -0.118. The second kappa shape index (κ2) is 7.01. The van der Waals surface area contributed by atoms with Gasteiger partial charge in [0.15, 0.2) is 5.78 Å². The van der Waals surface area contributed by atoms with Crippen LogP contribution in [0.4, 0.5) is 5.82 Å². The third kappa shape index (κ3) is 3.19. The molecule has 0 saturated heterocycles. The molecule has 5 rings (SSSR count). The number of anilines is 1. The third-order valence-corrected chi connectivity index (χ3v) is 6.14. The fourth-order valence-corrected chi connectivity index (χ4v) is 4.80. The minimum absolute atomic E-state index is 0.0871. The molecule has 3 aromatic rings. The van der Waals surface area contributed by atoms with Gasteiger partial charge < -0.3 is 10.1 Å². The molecule has 1 atom stereocenters. The van der Waals surface area contributed by atoms with Crippen LogP contribution in [0.5, 0.6) is 5.75 Å². The van der Waals surface area contributed by atoms with Gasteiger partial charge in [-0.15, -0.1) is 0 Å². The van der Waals surface area contributed by atoms with Crippen LogP contribution in [0, 0.1) is 5.41 Å². The van der Waals surface area contributed by atoms with E-state index in [1.807, 2.05) is 54.6 Å². The van der Waals surface area contributed by atoms with E-state index in [4.69, 9.17) is 4.74 Å². The summed E-state index contributed by atoms with van der Waals surface area (Å²) in [6.07, 6.45) is 1.20. The van der Waals surface area contributed by atoms with Gasteiger partial charge in [0, 0.05) is 23.6 Å². The molecule has 1 aliphatic heterocycles. The van der Waals surface area contributed by atoms with Crippen LogP contribution in [0.1, 0.15) is 43.7 Å². The number of methoxy groups -OCH3 is 1. The van der Waals surface area contributed by atoms with Crippen molar-refractivity contribution in [3.63, 3.8) is 0 Å². The maximum Gasteiger partial charge on any atom is 0.277 e. The van der Waals surface area contributed by atoms with Gasteiger partial charge in [0.2, 0.25) is 0 Å². The maximum atomic E-state index is 13.6. The summed E-state index contributed by atoms with van der Waals surface area (Å²) < 4.78 is 6.97. The quantitative estimate of drug-likeness (QED) is 0.666. The van der Waals surface area contributed by atoms with Crippen molar-refractivity contribution in [3.8, 4) is 11.4 Å². The number of benzene rings is 2. The zero-order valence-electron chi connectivity index (χ0n) is 17.9. The first-order valence-electron chi connectivity index (χ1n) is 10.5. The van der Waals surface area contributed by atoms with Crippen molar-refractivity contribution in [1.82, 2.24) is 9.78 Å². The second-order valence-electron chi connectivity index (χ2n) is 9.04. The van der Waals surface area contributed by atoms with E-state index in [9.17, 15) is 9.59 Å². The molecule has 2 N–H and O–H groups in total. The summed E-state index contributed by atoms with van der Waals surface area (Å²) in [7, 11) is 1.62. The van der Waals surface area contributed by atoms with Gasteiger partial charge in [-0.1, -0.05) is 44.2 Å². The van der Waals surface area contributed by atoms with Crippen LogP contribution in [0.25, 0.3) is 5.69 Å². The van der Waals surface area contributed by atoms with Crippen LogP contribution in [-0.4, -0.2) is 22.7 Å². The Balaban J connectivity index is 1.75. The van der Waals surface area contributed by atoms with Crippen LogP contribution in [-0.2, 0) is 4.79 Å². The summed E-state index contributed by atoms with van der Waals surface area (Å²) in [4.78, 5) is 26.9. The number of aromatic nitrogens is 2. The smallest absolute Gasteiger partial charge is 0.277 e. The summed E-state index contributed by atoms with van der Waals surface area (Å²) >= 11 is 0. The van der Waals surface area contributed by atoms with E-state index < -0.39 is 5.92 Å². The van der Waals surface area contributed by atoms with Crippen LogP contribution >= 0.6 is 0 Å². The molecule has 6 heteroatoms. The van der Waals surface area contributed by atoms with Crippen molar-refractivity contribution in [3.05, 3.63) is 87.3 Å². The highest BCUT2D eigenvalue weighted by Gasteiger charge is 2.43. The van der Waals surface area contributed by atoms with Crippen LogP contribution < -0.4 is 15.6 Å². The zero-order valence-corrected chi connectivity index (χ0v) is 17.9. The van der Waals surface area contributed by atoms with Crippen LogP contribution in [0.15, 0.2) is 70.7 Å². The van der Waals surface area contributed by atoms with E-state index in [1.165, 1.54) is 0 Å². The molecule has 2 aromatic carbocycles. The Morgan fingerprint density at radius 1 is 1.03 bits per heavy atom. The molecule has 2 heterocycles. The lowest BCUT2D eigenvalue weighted by Gasteiger charge is -2.37. The lowest BCUT2D eigenvalue weighted by atomic mass is 9.69. The molecule has 0 amide bonds. The van der Waals surface area contributed by atoms with Gasteiger partial charge in [-0.2, -0.15) is 0 Å². The first-order chi connectivity index (χ1) is 14.9. The van der Waals surface area contributed by atoms with Crippen molar-refractivity contribution >= 4 is 11.6 Å². The zero-order chi connectivity index (χ0) is 21.8. The molecule has 6 nitrogen and oxygen atoms in total. The number of aromatic amines is 1. The first kappa shape index (κ1) is 19.4. The van der Waals surface area contributed by atoms with E-state index in [0.717, 1.165) is 23.4 Å². The van der Waals surface area contributed by atoms with Gasteiger partial charge in [0.05, 0.1) is 18.4 Å². The van der Waals surface area contributed by atoms with Crippen molar-refractivity contribution in [2.24, 2.45) is 5.41 Å². The Hall–Kier alpha value is -3.54. The molecule has 1 aliphatic carbocycles. The molecule has 0 fully saturated rings. The summed E-state index contributed by atoms with van der Waals surface area (Å²) in [5.74, 6) is 0.982. The summed E-state index contributed by atoms with van der Waals surface area (Å²) in [5, 5.41) is 6.63.